The first-order valence-electron chi connectivity index (χ1n) is 21.9. The van der Waals surface area contributed by atoms with Crippen LogP contribution in [0, 0.1) is 11.3 Å². The van der Waals surface area contributed by atoms with Gasteiger partial charge in [-0.25, -0.2) is 0 Å². The molecule has 66 heavy (non-hydrogen) atoms. The molecule has 0 amide bonds. The lowest BCUT2D eigenvalue weighted by atomic mass is 9.97. The van der Waals surface area contributed by atoms with Gasteiger partial charge >= 0.3 is 0 Å². The molecule has 0 aliphatic carbocycles. The molecule has 0 spiro atoms. The minimum Gasteiger partial charge on any atom is -0.497 e. The molecular formula is C61H45N3O2. The van der Waals surface area contributed by atoms with Crippen molar-refractivity contribution >= 4 is 90.7 Å². The first kappa shape index (κ1) is 41.2. The molecule has 5 heteroatoms. The lowest BCUT2D eigenvalue weighted by Crippen LogP contribution is -2.10. The summed E-state index contributed by atoms with van der Waals surface area (Å²) in [6, 6.07) is 76.2. The van der Waals surface area contributed by atoms with Crippen molar-refractivity contribution in [3.8, 4) is 17.6 Å². The van der Waals surface area contributed by atoms with E-state index in [-0.39, 0.29) is 0 Å². The number of nitriles is 1. The maximum atomic E-state index is 10.4. The molecule has 316 valence electrons. The predicted octanol–water partition coefficient (Wildman–Crippen LogP) is 16.3. The van der Waals surface area contributed by atoms with Crippen LogP contribution in [-0.2, 0) is 0 Å². The smallest absolute Gasteiger partial charge is 0.119 e. The minimum atomic E-state index is 0.653. The fourth-order valence-electron chi connectivity index (χ4n) is 8.70. The molecule has 0 atom stereocenters. The summed E-state index contributed by atoms with van der Waals surface area (Å²) >= 11 is 0. The van der Waals surface area contributed by atoms with Crippen LogP contribution < -0.4 is 19.3 Å². The number of methoxy groups -OCH3 is 2. The number of benzene rings is 10. The van der Waals surface area contributed by atoms with E-state index in [0.29, 0.717) is 5.56 Å². The number of hydrogen-bond acceptors (Lipinski definition) is 5. The number of nitrogens with zero attached hydrogens (tertiary/aromatic N) is 3. The third-order valence-corrected chi connectivity index (χ3v) is 12.1. The standard InChI is InChI=1S/C61H45N3O2/c1-65-54-36-32-52(33-37-54)63(60-15-7-11-46-9-3-5-13-57(46)60)50-28-20-43(21-29-50)17-18-45-24-40-56-49(41-45)27-26-48(59(56)42-62)25-19-44-22-30-51(31-23-44)64(53-34-38-55(66-2)39-35-53)61-16-8-12-47-10-4-6-14-58(47)61/h3-41H,1-2H3/b18-17+,25-19+. The van der Waals surface area contributed by atoms with Crippen molar-refractivity contribution in [1.29, 1.82) is 5.26 Å². The molecule has 10 aromatic carbocycles. The Morgan fingerprint density at radius 3 is 1.29 bits per heavy atom. The van der Waals surface area contributed by atoms with Crippen LogP contribution in [0.3, 0.4) is 0 Å². The fourth-order valence-corrected chi connectivity index (χ4v) is 8.70. The molecule has 0 fully saturated rings. The van der Waals surface area contributed by atoms with E-state index < -0.39 is 0 Å². The molecule has 10 rings (SSSR count). The fraction of sp³-hybridized carbons (Fsp3) is 0.0328. The van der Waals surface area contributed by atoms with Gasteiger partial charge in [-0.15, -0.1) is 0 Å². The molecule has 0 heterocycles. The molecular weight excluding hydrogens is 807 g/mol. The van der Waals surface area contributed by atoms with Gasteiger partial charge in [0.25, 0.3) is 0 Å². The molecule has 0 saturated carbocycles. The van der Waals surface area contributed by atoms with Gasteiger partial charge in [-0.1, -0.05) is 146 Å². The van der Waals surface area contributed by atoms with Gasteiger partial charge in [0, 0.05) is 38.9 Å². The maximum absolute atomic E-state index is 10.4. The Morgan fingerprint density at radius 1 is 0.379 bits per heavy atom. The quantitative estimate of drug-likeness (QED) is 0.115. The maximum Gasteiger partial charge on any atom is 0.119 e. The van der Waals surface area contributed by atoms with Crippen LogP contribution >= 0.6 is 0 Å². The van der Waals surface area contributed by atoms with E-state index in [9.17, 15) is 5.26 Å². The summed E-state index contributed by atoms with van der Waals surface area (Å²) in [6.45, 7) is 0. The summed E-state index contributed by atoms with van der Waals surface area (Å²) < 4.78 is 10.9. The second kappa shape index (κ2) is 18.5. The van der Waals surface area contributed by atoms with Gasteiger partial charge in [0.1, 0.15) is 17.6 Å². The predicted molar refractivity (Wildman–Crippen MR) is 277 cm³/mol. The molecule has 10 aromatic rings. The van der Waals surface area contributed by atoms with Gasteiger partial charge in [0.2, 0.25) is 0 Å². The number of fused-ring (bicyclic) bond motifs is 3. The van der Waals surface area contributed by atoms with E-state index >= 15 is 0 Å². The molecule has 0 saturated heterocycles. The van der Waals surface area contributed by atoms with Crippen molar-refractivity contribution in [3.63, 3.8) is 0 Å². The second-order valence-corrected chi connectivity index (χ2v) is 16.0. The first-order valence-corrected chi connectivity index (χ1v) is 21.9. The number of rotatable bonds is 12. The summed E-state index contributed by atoms with van der Waals surface area (Å²) in [5, 5.41) is 17.1. The lowest BCUT2D eigenvalue weighted by Gasteiger charge is -2.27. The van der Waals surface area contributed by atoms with E-state index in [1.807, 2.05) is 36.4 Å². The number of hydrogen-bond donors (Lipinski definition) is 0. The third kappa shape index (κ3) is 8.35. The minimum absolute atomic E-state index is 0.653. The van der Waals surface area contributed by atoms with Crippen molar-refractivity contribution in [3.05, 3.63) is 240 Å². The highest BCUT2D eigenvalue weighted by Crippen LogP contribution is 2.41. The molecule has 0 bridgehead atoms. The van der Waals surface area contributed by atoms with Crippen LogP contribution in [0.25, 0.3) is 56.6 Å². The van der Waals surface area contributed by atoms with Crippen LogP contribution in [0.1, 0.15) is 27.8 Å². The SMILES string of the molecule is COc1ccc(N(c2ccc(/C=C/c3ccc4c(C#N)c(/C=C/c5ccc(N(c6ccc(OC)cc6)c6cccc7ccccc67)cc5)ccc4c3)cc2)c2cccc3ccccc23)cc1. The molecule has 0 N–H and O–H groups in total. The highest BCUT2D eigenvalue weighted by molar-refractivity contribution is 6.00. The Hall–Kier alpha value is -8.85. The monoisotopic (exact) mass is 851 g/mol. The second-order valence-electron chi connectivity index (χ2n) is 16.0. The normalized spacial score (nSPS) is 11.3. The zero-order valence-corrected chi connectivity index (χ0v) is 36.7. The van der Waals surface area contributed by atoms with Gasteiger partial charge in [0.15, 0.2) is 0 Å². The third-order valence-electron chi connectivity index (χ3n) is 12.1. The summed E-state index contributed by atoms with van der Waals surface area (Å²) in [5.41, 5.74) is 11.1. The summed E-state index contributed by atoms with van der Waals surface area (Å²) in [6.07, 6.45) is 8.36. The Balaban J connectivity index is 0.884. The van der Waals surface area contributed by atoms with Gasteiger partial charge in [0.05, 0.1) is 31.2 Å². The zero-order chi connectivity index (χ0) is 44.8. The molecule has 0 aliphatic heterocycles. The Kier molecular flexibility index (Phi) is 11.5. The van der Waals surface area contributed by atoms with Gasteiger partial charge < -0.3 is 19.3 Å². The first-order chi connectivity index (χ1) is 32.6. The van der Waals surface area contributed by atoms with Crippen molar-refractivity contribution in [2.75, 3.05) is 24.0 Å². The molecule has 0 aromatic heterocycles. The van der Waals surface area contributed by atoms with E-state index in [2.05, 4.69) is 216 Å². The topological polar surface area (TPSA) is 48.7 Å². The highest BCUT2D eigenvalue weighted by Gasteiger charge is 2.17. The Morgan fingerprint density at radius 2 is 0.803 bits per heavy atom. The van der Waals surface area contributed by atoms with Crippen molar-refractivity contribution in [2.45, 2.75) is 0 Å². The Bertz CT molecular complexity index is 3430. The van der Waals surface area contributed by atoms with Crippen molar-refractivity contribution in [2.24, 2.45) is 0 Å². The summed E-state index contributed by atoms with van der Waals surface area (Å²) in [4.78, 5) is 4.56. The van der Waals surface area contributed by atoms with Crippen molar-refractivity contribution < 1.29 is 9.47 Å². The number of anilines is 6. The van der Waals surface area contributed by atoms with E-state index in [1.54, 1.807) is 14.2 Å². The van der Waals surface area contributed by atoms with Gasteiger partial charge in [-0.05, 0) is 129 Å². The molecule has 0 aliphatic rings. The lowest BCUT2D eigenvalue weighted by molar-refractivity contribution is 0.414. The molecule has 0 unspecified atom stereocenters. The highest BCUT2D eigenvalue weighted by atomic mass is 16.5. The Labute approximate surface area is 385 Å². The average Bonchev–Trinajstić information content (AvgIpc) is 3.38. The van der Waals surface area contributed by atoms with Crippen LogP contribution in [0.4, 0.5) is 34.1 Å². The number of ether oxygens (including phenoxy) is 2. The molecule has 0 radical (unpaired) electrons. The largest absolute Gasteiger partial charge is 0.497 e. The summed E-state index contributed by atoms with van der Waals surface area (Å²) in [5.74, 6) is 1.63. The van der Waals surface area contributed by atoms with Crippen LogP contribution in [-0.4, -0.2) is 14.2 Å². The van der Waals surface area contributed by atoms with Crippen LogP contribution in [0.2, 0.25) is 0 Å². The van der Waals surface area contributed by atoms with Crippen LogP contribution in [0.5, 0.6) is 11.5 Å². The average molecular weight is 852 g/mol. The van der Waals surface area contributed by atoms with E-state index in [4.69, 9.17) is 9.47 Å². The zero-order valence-electron chi connectivity index (χ0n) is 36.7. The van der Waals surface area contributed by atoms with Crippen LogP contribution in [0.15, 0.2) is 212 Å². The summed E-state index contributed by atoms with van der Waals surface area (Å²) in [7, 11) is 3.37. The van der Waals surface area contributed by atoms with Gasteiger partial charge in [-0.2, -0.15) is 5.26 Å². The van der Waals surface area contributed by atoms with Crippen molar-refractivity contribution in [1.82, 2.24) is 0 Å². The van der Waals surface area contributed by atoms with Gasteiger partial charge in [-0.3, -0.25) is 0 Å². The molecule has 5 nitrogen and oxygen atoms in total. The van der Waals surface area contributed by atoms with E-state index in [0.717, 1.165) is 78.6 Å². The van der Waals surface area contributed by atoms with E-state index in [1.165, 1.54) is 21.5 Å².